The van der Waals surface area contributed by atoms with E-state index in [4.69, 9.17) is 0 Å². The fourth-order valence-electron chi connectivity index (χ4n) is 3.31. The van der Waals surface area contributed by atoms with E-state index in [0.29, 0.717) is 12.8 Å². The average Bonchev–Trinajstić information content (AvgIpc) is 3.00. The number of carbonyl (C=O) groups is 3. The minimum absolute atomic E-state index is 0.0639. The van der Waals surface area contributed by atoms with Gasteiger partial charge in [0, 0.05) is 18.7 Å². The first-order chi connectivity index (χ1) is 13.2. The summed E-state index contributed by atoms with van der Waals surface area (Å²) in [6.45, 7) is 0.185. The predicted octanol–water partition coefficient (Wildman–Crippen LogP) is 3.02. The highest BCUT2D eigenvalue weighted by Gasteiger charge is 2.34. The van der Waals surface area contributed by atoms with Gasteiger partial charge in [-0.3, -0.25) is 19.3 Å². The molecule has 0 N–H and O–H groups in total. The zero-order valence-electron chi connectivity index (χ0n) is 14.3. The summed E-state index contributed by atoms with van der Waals surface area (Å²) in [5.41, 5.74) is 0. The Morgan fingerprint density at radius 2 is 1.32 bits per heavy atom. The normalized spacial score (nSPS) is 22.1. The van der Waals surface area contributed by atoms with Crippen molar-refractivity contribution < 1.29 is 41.1 Å². The van der Waals surface area contributed by atoms with Gasteiger partial charge in [-0.05, 0) is 31.6 Å². The number of carbonyl (C=O) groups excluding carboxylic acids is 3. The molecule has 150 valence electrons. The van der Waals surface area contributed by atoms with Gasteiger partial charge in [0.1, 0.15) is 0 Å². The molecule has 0 atom stereocenters. The molecule has 1 heterocycles. The number of halogens is 5. The summed E-state index contributed by atoms with van der Waals surface area (Å²) in [7, 11) is 0. The summed E-state index contributed by atoms with van der Waals surface area (Å²) in [6.07, 6.45) is 3.62. The highest BCUT2D eigenvalue weighted by atomic mass is 19.2. The highest BCUT2D eigenvalue weighted by molar-refractivity contribution is 6.12. The molecule has 10 heteroatoms. The van der Waals surface area contributed by atoms with Crippen molar-refractivity contribution in [1.82, 2.24) is 4.90 Å². The lowest BCUT2D eigenvalue weighted by Crippen LogP contribution is -2.37. The van der Waals surface area contributed by atoms with Crippen LogP contribution in [0.4, 0.5) is 22.0 Å². The fraction of sp³-hybridized carbons (Fsp3) is 0.389. The zero-order valence-corrected chi connectivity index (χ0v) is 14.3. The third-order valence-corrected chi connectivity index (χ3v) is 4.89. The molecule has 2 amide bonds. The lowest BCUT2D eigenvalue weighted by Gasteiger charge is -2.29. The minimum atomic E-state index is -2.34. The van der Waals surface area contributed by atoms with E-state index in [9.17, 15) is 36.3 Å². The Bertz CT molecular complexity index is 830. The fourth-order valence-corrected chi connectivity index (χ4v) is 3.31. The van der Waals surface area contributed by atoms with Crippen LogP contribution in [0.1, 0.15) is 25.7 Å². The molecular weight excluding hydrogens is 389 g/mol. The molecule has 0 spiro atoms. The molecule has 0 bridgehead atoms. The smallest absolute Gasteiger partial charge is 0.314 e. The van der Waals surface area contributed by atoms with Gasteiger partial charge in [-0.1, -0.05) is 0 Å². The highest BCUT2D eigenvalue weighted by Crippen LogP contribution is 2.33. The number of hydrogen-bond donors (Lipinski definition) is 0. The summed E-state index contributed by atoms with van der Waals surface area (Å²) in [5, 5.41) is 0. The Morgan fingerprint density at radius 3 is 1.82 bits per heavy atom. The molecule has 0 unspecified atom stereocenters. The van der Waals surface area contributed by atoms with Crippen LogP contribution in [0.5, 0.6) is 5.75 Å². The predicted molar refractivity (Wildman–Crippen MR) is 83.2 cm³/mol. The Morgan fingerprint density at radius 1 is 0.857 bits per heavy atom. The first-order valence-corrected chi connectivity index (χ1v) is 8.47. The van der Waals surface area contributed by atoms with Crippen molar-refractivity contribution in [3.05, 3.63) is 41.2 Å². The van der Waals surface area contributed by atoms with Crippen LogP contribution in [0, 0.1) is 40.9 Å². The van der Waals surface area contributed by atoms with E-state index in [1.807, 2.05) is 0 Å². The summed E-state index contributed by atoms with van der Waals surface area (Å²) in [4.78, 5) is 36.3. The molecule has 0 saturated heterocycles. The van der Waals surface area contributed by atoms with E-state index in [0.717, 1.165) is 17.1 Å². The van der Waals surface area contributed by atoms with Crippen LogP contribution >= 0.6 is 0 Å². The average molecular weight is 403 g/mol. The maximum atomic E-state index is 13.6. The van der Waals surface area contributed by atoms with Gasteiger partial charge >= 0.3 is 5.97 Å². The SMILES string of the molecule is O=C(Oc1c(F)c(F)c(F)c(F)c1F)C1CCC(CN2C(=O)C=CC2=O)CC1. The molecule has 1 aromatic rings. The molecule has 0 aromatic heterocycles. The second-order valence-corrected chi connectivity index (χ2v) is 6.66. The molecule has 5 nitrogen and oxygen atoms in total. The lowest BCUT2D eigenvalue weighted by atomic mass is 9.82. The quantitative estimate of drug-likeness (QED) is 0.194. The van der Waals surface area contributed by atoms with Crippen LogP contribution in [-0.4, -0.2) is 29.2 Å². The topological polar surface area (TPSA) is 63.7 Å². The Hall–Kier alpha value is -2.78. The number of esters is 1. The Labute approximate surface area is 155 Å². The summed E-state index contributed by atoms with van der Waals surface area (Å²) >= 11 is 0. The molecule has 0 radical (unpaired) electrons. The van der Waals surface area contributed by atoms with Gasteiger partial charge < -0.3 is 4.74 Å². The van der Waals surface area contributed by atoms with E-state index in [-0.39, 0.29) is 25.3 Å². The van der Waals surface area contributed by atoms with E-state index in [1.54, 1.807) is 0 Å². The van der Waals surface area contributed by atoms with Crippen LogP contribution in [-0.2, 0) is 14.4 Å². The van der Waals surface area contributed by atoms with Gasteiger partial charge in [0.2, 0.25) is 34.8 Å². The van der Waals surface area contributed by atoms with Gasteiger partial charge in [0.25, 0.3) is 11.8 Å². The second-order valence-electron chi connectivity index (χ2n) is 6.66. The maximum absolute atomic E-state index is 13.6. The standard InChI is InChI=1S/C18H14F5NO4/c19-12-13(20)15(22)17(16(23)14(12)21)28-18(27)9-3-1-8(2-4-9)7-24-10(25)5-6-11(24)26/h5-6,8-9H,1-4,7H2. The van der Waals surface area contributed by atoms with Crippen molar-refractivity contribution in [3.63, 3.8) is 0 Å². The maximum Gasteiger partial charge on any atom is 0.314 e. The molecule has 1 fully saturated rings. The van der Waals surface area contributed by atoms with E-state index in [1.165, 1.54) is 0 Å². The first-order valence-electron chi connectivity index (χ1n) is 8.47. The molecule has 1 saturated carbocycles. The second kappa shape index (κ2) is 7.69. The Balaban J connectivity index is 1.61. The van der Waals surface area contributed by atoms with Gasteiger partial charge in [0.05, 0.1) is 5.92 Å². The number of imide groups is 1. The van der Waals surface area contributed by atoms with Gasteiger partial charge in [0.15, 0.2) is 0 Å². The van der Waals surface area contributed by atoms with Crippen molar-refractivity contribution in [1.29, 1.82) is 0 Å². The number of hydrogen-bond acceptors (Lipinski definition) is 4. The zero-order chi connectivity index (χ0) is 20.6. The van der Waals surface area contributed by atoms with Gasteiger partial charge in [-0.25, -0.2) is 13.2 Å². The van der Waals surface area contributed by atoms with Crippen molar-refractivity contribution >= 4 is 17.8 Å². The largest absolute Gasteiger partial charge is 0.420 e. The van der Waals surface area contributed by atoms with Crippen molar-refractivity contribution in [3.8, 4) is 5.75 Å². The van der Waals surface area contributed by atoms with Crippen LogP contribution < -0.4 is 4.74 Å². The van der Waals surface area contributed by atoms with E-state index < -0.39 is 58.5 Å². The monoisotopic (exact) mass is 403 g/mol. The number of amides is 2. The third-order valence-electron chi connectivity index (χ3n) is 4.89. The number of benzene rings is 1. The summed E-state index contributed by atoms with van der Waals surface area (Å²) < 4.78 is 71.1. The third kappa shape index (κ3) is 3.63. The number of ether oxygens (including phenoxy) is 1. The Kier molecular flexibility index (Phi) is 5.48. The molecule has 3 rings (SSSR count). The number of nitrogens with zero attached hydrogens (tertiary/aromatic N) is 1. The molecule has 2 aliphatic rings. The molecule has 1 aliphatic heterocycles. The first kappa shape index (κ1) is 20.0. The van der Waals surface area contributed by atoms with Crippen LogP contribution in [0.25, 0.3) is 0 Å². The molecule has 28 heavy (non-hydrogen) atoms. The van der Waals surface area contributed by atoms with Crippen molar-refractivity contribution in [2.45, 2.75) is 25.7 Å². The number of rotatable bonds is 4. The van der Waals surface area contributed by atoms with Crippen molar-refractivity contribution in [2.75, 3.05) is 6.54 Å². The van der Waals surface area contributed by atoms with E-state index in [2.05, 4.69) is 4.74 Å². The van der Waals surface area contributed by atoms with Gasteiger partial charge in [-0.2, -0.15) is 8.78 Å². The molecular formula is C18H14F5NO4. The summed E-state index contributed by atoms with van der Waals surface area (Å²) in [5.74, 6) is -15.6. The van der Waals surface area contributed by atoms with Crippen molar-refractivity contribution in [2.24, 2.45) is 11.8 Å². The van der Waals surface area contributed by atoms with E-state index >= 15 is 0 Å². The molecule has 1 aliphatic carbocycles. The molecule has 1 aromatic carbocycles. The van der Waals surface area contributed by atoms with Crippen LogP contribution in [0.15, 0.2) is 12.2 Å². The summed E-state index contributed by atoms with van der Waals surface area (Å²) in [6, 6.07) is 0. The van der Waals surface area contributed by atoms with Crippen LogP contribution in [0.3, 0.4) is 0 Å². The minimum Gasteiger partial charge on any atom is -0.420 e. The van der Waals surface area contributed by atoms with Crippen LogP contribution in [0.2, 0.25) is 0 Å². The lowest BCUT2D eigenvalue weighted by molar-refractivity contribution is -0.142. The van der Waals surface area contributed by atoms with Gasteiger partial charge in [-0.15, -0.1) is 0 Å².